The maximum Gasteiger partial charge on any atom is 0.0689 e. The Hall–Kier alpha value is -0.510. The molecule has 1 heteroatoms. The number of fused-ring (bicyclic) bond motifs is 1. The van der Waals surface area contributed by atoms with Crippen molar-refractivity contribution in [2.24, 2.45) is 17.3 Å². The molecule has 0 aromatic rings. The van der Waals surface area contributed by atoms with E-state index in [0.29, 0.717) is 5.92 Å². The van der Waals surface area contributed by atoms with E-state index in [1.165, 1.54) is 44.9 Å². The molecule has 0 heterocycles. The summed E-state index contributed by atoms with van der Waals surface area (Å²) in [6.45, 7) is 2.21. The minimum absolute atomic E-state index is 0.00157. The zero-order valence-corrected chi connectivity index (χ0v) is 9.26. The van der Waals surface area contributed by atoms with E-state index in [0.717, 1.165) is 12.3 Å². The van der Waals surface area contributed by atoms with Gasteiger partial charge in [-0.3, -0.25) is 0 Å². The lowest BCUT2D eigenvalue weighted by atomic mass is 9.64. The summed E-state index contributed by atoms with van der Waals surface area (Å²) >= 11 is 0. The summed E-state index contributed by atoms with van der Waals surface area (Å²) in [6, 6.07) is 2.62. The van der Waals surface area contributed by atoms with Crippen molar-refractivity contribution < 1.29 is 0 Å². The standard InChI is InChI=1S/C13H21N/c1-13(10-14)9-5-4-7-11-6-2-3-8-12(11)13/h11-12H,2-9H2,1H3. The van der Waals surface area contributed by atoms with Crippen LogP contribution in [0.1, 0.15) is 58.3 Å². The van der Waals surface area contributed by atoms with Crippen LogP contribution in [0.3, 0.4) is 0 Å². The summed E-state index contributed by atoms with van der Waals surface area (Å²) < 4.78 is 0. The van der Waals surface area contributed by atoms with E-state index in [-0.39, 0.29) is 5.41 Å². The summed E-state index contributed by atoms with van der Waals surface area (Å²) in [5, 5.41) is 9.36. The molecular weight excluding hydrogens is 170 g/mol. The molecular formula is C13H21N. The zero-order valence-electron chi connectivity index (χ0n) is 9.26. The van der Waals surface area contributed by atoms with E-state index in [2.05, 4.69) is 13.0 Å². The predicted octanol–water partition coefficient (Wildman–Crippen LogP) is 3.90. The Morgan fingerprint density at radius 1 is 1.07 bits per heavy atom. The molecule has 1 nitrogen and oxygen atoms in total. The van der Waals surface area contributed by atoms with Gasteiger partial charge in [-0.2, -0.15) is 5.26 Å². The van der Waals surface area contributed by atoms with Gasteiger partial charge < -0.3 is 0 Å². The molecule has 14 heavy (non-hydrogen) atoms. The molecule has 3 atom stereocenters. The molecule has 0 aromatic carbocycles. The first kappa shape index (κ1) is 10.0. The Morgan fingerprint density at radius 2 is 1.71 bits per heavy atom. The van der Waals surface area contributed by atoms with Crippen LogP contribution in [0.15, 0.2) is 0 Å². The van der Waals surface area contributed by atoms with Gasteiger partial charge in [-0.05, 0) is 31.6 Å². The van der Waals surface area contributed by atoms with Gasteiger partial charge in [-0.15, -0.1) is 0 Å². The van der Waals surface area contributed by atoms with E-state index in [4.69, 9.17) is 0 Å². The number of nitrogens with zero attached hydrogens (tertiary/aromatic N) is 1. The second-order valence-electron chi connectivity index (χ2n) is 5.43. The molecule has 0 bridgehead atoms. The monoisotopic (exact) mass is 191 g/mol. The number of nitriles is 1. The fourth-order valence-corrected chi connectivity index (χ4v) is 3.61. The highest BCUT2D eigenvalue weighted by Crippen LogP contribution is 2.48. The minimum Gasteiger partial charge on any atom is -0.198 e. The Labute approximate surface area is 87.5 Å². The van der Waals surface area contributed by atoms with Crippen LogP contribution >= 0.6 is 0 Å². The Bertz CT molecular complexity index is 240. The molecule has 2 saturated carbocycles. The van der Waals surface area contributed by atoms with Crippen molar-refractivity contribution in [2.45, 2.75) is 58.3 Å². The molecule has 78 valence electrons. The van der Waals surface area contributed by atoms with Crippen LogP contribution in [0.25, 0.3) is 0 Å². The second-order valence-corrected chi connectivity index (χ2v) is 5.43. The van der Waals surface area contributed by atoms with Gasteiger partial charge in [-0.1, -0.05) is 38.5 Å². The smallest absolute Gasteiger partial charge is 0.0689 e. The SMILES string of the molecule is CC1(C#N)CCCCC2CCCCC21. The molecule has 0 N–H and O–H groups in total. The third-order valence-corrected chi connectivity index (χ3v) is 4.50. The van der Waals surface area contributed by atoms with Gasteiger partial charge in [0.2, 0.25) is 0 Å². The van der Waals surface area contributed by atoms with Crippen molar-refractivity contribution in [3.63, 3.8) is 0 Å². The van der Waals surface area contributed by atoms with E-state index >= 15 is 0 Å². The van der Waals surface area contributed by atoms with Crippen LogP contribution in [0.4, 0.5) is 0 Å². The van der Waals surface area contributed by atoms with Gasteiger partial charge in [0.15, 0.2) is 0 Å². The first-order chi connectivity index (χ1) is 6.76. The highest BCUT2D eigenvalue weighted by Gasteiger charge is 2.41. The van der Waals surface area contributed by atoms with E-state index in [9.17, 15) is 5.26 Å². The van der Waals surface area contributed by atoms with Crippen LogP contribution in [0.5, 0.6) is 0 Å². The molecule has 2 fully saturated rings. The van der Waals surface area contributed by atoms with Gasteiger partial charge in [0.05, 0.1) is 11.5 Å². The van der Waals surface area contributed by atoms with Crippen LogP contribution in [0.2, 0.25) is 0 Å². The van der Waals surface area contributed by atoms with Crippen molar-refractivity contribution in [2.75, 3.05) is 0 Å². The molecule has 0 radical (unpaired) electrons. The second kappa shape index (κ2) is 3.93. The van der Waals surface area contributed by atoms with Gasteiger partial charge in [0.1, 0.15) is 0 Å². The minimum atomic E-state index is 0.00157. The first-order valence-corrected chi connectivity index (χ1v) is 6.17. The van der Waals surface area contributed by atoms with Gasteiger partial charge in [0, 0.05) is 0 Å². The van der Waals surface area contributed by atoms with E-state index in [1.807, 2.05) is 0 Å². The van der Waals surface area contributed by atoms with E-state index < -0.39 is 0 Å². The van der Waals surface area contributed by atoms with Crippen molar-refractivity contribution in [1.29, 1.82) is 5.26 Å². The summed E-state index contributed by atoms with van der Waals surface area (Å²) in [6.07, 6.45) is 10.6. The third-order valence-electron chi connectivity index (χ3n) is 4.50. The normalized spacial score (nSPS) is 43.4. The third kappa shape index (κ3) is 1.67. The molecule has 2 aliphatic carbocycles. The average Bonchev–Trinajstić information content (AvgIpc) is 2.40. The highest BCUT2D eigenvalue weighted by atomic mass is 14.5. The van der Waals surface area contributed by atoms with Gasteiger partial charge in [-0.25, -0.2) is 0 Å². The Morgan fingerprint density at radius 3 is 2.43 bits per heavy atom. The molecule has 3 unspecified atom stereocenters. The summed E-state index contributed by atoms with van der Waals surface area (Å²) in [7, 11) is 0. The molecule has 2 rings (SSSR count). The molecule has 0 amide bonds. The van der Waals surface area contributed by atoms with Gasteiger partial charge >= 0.3 is 0 Å². The van der Waals surface area contributed by atoms with Crippen LogP contribution < -0.4 is 0 Å². The summed E-state index contributed by atoms with van der Waals surface area (Å²) in [5.41, 5.74) is 0.00157. The Balaban J connectivity index is 2.20. The van der Waals surface area contributed by atoms with Crippen molar-refractivity contribution in [3.8, 4) is 6.07 Å². The quantitative estimate of drug-likeness (QED) is 0.569. The predicted molar refractivity (Wildman–Crippen MR) is 57.6 cm³/mol. The molecule has 0 spiro atoms. The lowest BCUT2D eigenvalue weighted by Gasteiger charge is -2.38. The highest BCUT2D eigenvalue weighted by molar-refractivity contribution is 5.03. The molecule has 0 aliphatic heterocycles. The molecule has 0 saturated heterocycles. The summed E-state index contributed by atoms with van der Waals surface area (Å²) in [4.78, 5) is 0. The van der Waals surface area contributed by atoms with Crippen LogP contribution in [-0.2, 0) is 0 Å². The van der Waals surface area contributed by atoms with Crippen molar-refractivity contribution in [3.05, 3.63) is 0 Å². The zero-order chi connectivity index (χ0) is 10.0. The first-order valence-electron chi connectivity index (χ1n) is 6.17. The summed E-state index contributed by atoms with van der Waals surface area (Å²) in [5.74, 6) is 1.58. The number of hydrogen-bond donors (Lipinski definition) is 0. The number of hydrogen-bond acceptors (Lipinski definition) is 1. The van der Waals surface area contributed by atoms with E-state index in [1.54, 1.807) is 0 Å². The van der Waals surface area contributed by atoms with Gasteiger partial charge in [0.25, 0.3) is 0 Å². The van der Waals surface area contributed by atoms with Crippen molar-refractivity contribution in [1.82, 2.24) is 0 Å². The van der Waals surface area contributed by atoms with Crippen LogP contribution in [0, 0.1) is 28.6 Å². The number of rotatable bonds is 0. The molecule has 2 aliphatic rings. The van der Waals surface area contributed by atoms with Crippen LogP contribution in [-0.4, -0.2) is 0 Å². The lowest BCUT2D eigenvalue weighted by molar-refractivity contribution is 0.126. The largest absolute Gasteiger partial charge is 0.198 e. The molecule has 0 aromatic heterocycles. The fourth-order valence-electron chi connectivity index (χ4n) is 3.61. The fraction of sp³-hybridized carbons (Fsp3) is 0.923. The average molecular weight is 191 g/mol. The van der Waals surface area contributed by atoms with Crippen molar-refractivity contribution >= 4 is 0 Å². The topological polar surface area (TPSA) is 23.8 Å². The lowest BCUT2D eigenvalue weighted by Crippen LogP contribution is -2.32. The maximum atomic E-state index is 9.36. The Kier molecular flexibility index (Phi) is 2.81. The maximum absolute atomic E-state index is 9.36.